The van der Waals surface area contributed by atoms with Gasteiger partial charge in [-0.2, -0.15) is 4.37 Å². The number of carboxylic acid groups (broad SMARTS) is 1. The molecule has 0 spiro atoms. The molecule has 66 valence electrons. The van der Waals surface area contributed by atoms with Crippen LogP contribution < -0.4 is 0 Å². The highest BCUT2D eigenvalue weighted by atomic mass is 79.9. The van der Waals surface area contributed by atoms with E-state index in [0.29, 0.717) is 6.42 Å². The topological polar surface area (TPSA) is 50.2 Å². The Bertz CT molecular complexity index is 287. The van der Waals surface area contributed by atoms with Crippen LogP contribution in [0.1, 0.15) is 11.8 Å². The van der Waals surface area contributed by atoms with Crippen LogP contribution in [0.15, 0.2) is 10.7 Å². The van der Waals surface area contributed by atoms with Crippen molar-refractivity contribution in [3.8, 4) is 0 Å². The highest BCUT2D eigenvalue weighted by molar-refractivity contribution is 9.10. The van der Waals surface area contributed by atoms with E-state index < -0.39 is 5.97 Å². The van der Waals surface area contributed by atoms with E-state index in [9.17, 15) is 4.79 Å². The van der Waals surface area contributed by atoms with Crippen molar-refractivity contribution in [3.05, 3.63) is 15.5 Å². The van der Waals surface area contributed by atoms with Crippen molar-refractivity contribution in [2.45, 2.75) is 13.3 Å². The van der Waals surface area contributed by atoms with E-state index in [1.165, 1.54) is 11.5 Å². The van der Waals surface area contributed by atoms with Gasteiger partial charge in [-0.25, -0.2) is 0 Å². The SMILES string of the molecule is CC(Cc1sncc1Br)C(=O)O. The van der Waals surface area contributed by atoms with Crippen molar-refractivity contribution in [2.24, 2.45) is 5.92 Å². The van der Waals surface area contributed by atoms with E-state index in [1.807, 2.05) is 0 Å². The summed E-state index contributed by atoms with van der Waals surface area (Å²) in [5.74, 6) is -1.11. The van der Waals surface area contributed by atoms with Gasteiger partial charge >= 0.3 is 5.97 Å². The molecule has 0 aliphatic heterocycles. The van der Waals surface area contributed by atoms with Crippen molar-refractivity contribution >= 4 is 33.4 Å². The first-order valence-corrected chi connectivity index (χ1v) is 4.99. The Morgan fingerprint density at radius 3 is 3.00 bits per heavy atom. The van der Waals surface area contributed by atoms with E-state index >= 15 is 0 Å². The molecule has 12 heavy (non-hydrogen) atoms. The fourth-order valence-electron chi connectivity index (χ4n) is 0.752. The monoisotopic (exact) mass is 249 g/mol. The molecule has 3 nitrogen and oxygen atoms in total. The number of hydrogen-bond donors (Lipinski definition) is 1. The smallest absolute Gasteiger partial charge is 0.306 e. The van der Waals surface area contributed by atoms with Crippen molar-refractivity contribution in [3.63, 3.8) is 0 Å². The first kappa shape index (κ1) is 9.67. The van der Waals surface area contributed by atoms with Crippen molar-refractivity contribution < 1.29 is 9.90 Å². The van der Waals surface area contributed by atoms with Gasteiger partial charge in [0.25, 0.3) is 0 Å². The number of halogens is 1. The van der Waals surface area contributed by atoms with Gasteiger partial charge in [-0.1, -0.05) is 6.92 Å². The standard InChI is InChI=1S/C7H8BrNO2S/c1-4(7(10)11)2-6-5(8)3-9-12-6/h3-4H,2H2,1H3,(H,10,11). The second kappa shape index (κ2) is 4.00. The number of carboxylic acids is 1. The van der Waals surface area contributed by atoms with Gasteiger partial charge in [-0.15, -0.1) is 0 Å². The molecule has 1 aromatic rings. The van der Waals surface area contributed by atoms with Gasteiger partial charge in [0.05, 0.1) is 16.6 Å². The molecule has 0 saturated heterocycles. The Balaban J connectivity index is 2.64. The Morgan fingerprint density at radius 1 is 1.92 bits per heavy atom. The Labute approximate surface area is 82.7 Å². The molecule has 0 saturated carbocycles. The predicted octanol–water partition coefficient (Wildman–Crippen LogP) is 2.17. The lowest BCUT2D eigenvalue weighted by Gasteiger charge is -2.02. The summed E-state index contributed by atoms with van der Waals surface area (Å²) in [6.45, 7) is 1.69. The minimum Gasteiger partial charge on any atom is -0.481 e. The summed E-state index contributed by atoms with van der Waals surface area (Å²) in [5.41, 5.74) is 0. The summed E-state index contributed by atoms with van der Waals surface area (Å²) in [7, 11) is 0. The molecule has 0 aliphatic rings. The van der Waals surface area contributed by atoms with E-state index in [4.69, 9.17) is 5.11 Å². The van der Waals surface area contributed by atoms with Crippen molar-refractivity contribution in [1.29, 1.82) is 0 Å². The maximum absolute atomic E-state index is 10.5. The molecule has 0 radical (unpaired) electrons. The maximum Gasteiger partial charge on any atom is 0.306 e. The summed E-state index contributed by atoms with van der Waals surface area (Å²) >= 11 is 4.63. The average molecular weight is 250 g/mol. The number of rotatable bonds is 3. The summed E-state index contributed by atoms with van der Waals surface area (Å²) < 4.78 is 4.84. The Morgan fingerprint density at radius 2 is 2.58 bits per heavy atom. The number of carbonyl (C=O) groups is 1. The lowest BCUT2D eigenvalue weighted by molar-refractivity contribution is -0.141. The van der Waals surface area contributed by atoms with E-state index in [1.54, 1.807) is 13.1 Å². The number of aliphatic carboxylic acids is 1. The number of nitrogens with zero attached hydrogens (tertiary/aromatic N) is 1. The van der Waals surface area contributed by atoms with Crippen LogP contribution in [0.4, 0.5) is 0 Å². The number of aromatic nitrogens is 1. The summed E-state index contributed by atoms with van der Waals surface area (Å²) in [6, 6.07) is 0. The van der Waals surface area contributed by atoms with Gasteiger partial charge in [0, 0.05) is 4.88 Å². The van der Waals surface area contributed by atoms with Crippen LogP contribution in [-0.2, 0) is 11.2 Å². The summed E-state index contributed by atoms with van der Waals surface area (Å²) in [5, 5.41) is 8.64. The molecule has 0 fully saturated rings. The molecular weight excluding hydrogens is 242 g/mol. The summed E-state index contributed by atoms with van der Waals surface area (Å²) in [6.07, 6.45) is 2.23. The second-order valence-corrected chi connectivity index (χ2v) is 4.28. The lowest BCUT2D eigenvalue weighted by Crippen LogP contribution is -2.11. The zero-order valence-corrected chi connectivity index (χ0v) is 8.85. The van der Waals surface area contributed by atoms with Crippen molar-refractivity contribution in [2.75, 3.05) is 0 Å². The molecule has 0 aliphatic carbocycles. The largest absolute Gasteiger partial charge is 0.481 e. The first-order valence-electron chi connectivity index (χ1n) is 3.43. The van der Waals surface area contributed by atoms with E-state index in [2.05, 4.69) is 20.3 Å². The predicted molar refractivity (Wildman–Crippen MR) is 50.3 cm³/mol. The fourth-order valence-corrected chi connectivity index (χ4v) is 2.12. The molecule has 1 heterocycles. The zero-order valence-electron chi connectivity index (χ0n) is 6.45. The minimum absolute atomic E-state index is 0.346. The molecular formula is C7H8BrNO2S. The molecule has 1 atom stereocenters. The molecule has 1 N–H and O–H groups in total. The molecule has 0 amide bonds. The van der Waals surface area contributed by atoms with Gasteiger partial charge in [0.1, 0.15) is 0 Å². The average Bonchev–Trinajstić information content (AvgIpc) is 2.36. The van der Waals surface area contributed by atoms with Crippen LogP contribution >= 0.6 is 27.5 Å². The van der Waals surface area contributed by atoms with Crippen molar-refractivity contribution in [1.82, 2.24) is 4.37 Å². The molecule has 1 aromatic heterocycles. The number of hydrogen-bond acceptors (Lipinski definition) is 3. The maximum atomic E-state index is 10.5. The van der Waals surface area contributed by atoms with Crippen LogP contribution in [0.3, 0.4) is 0 Å². The third-order valence-corrected chi connectivity index (χ3v) is 3.27. The molecule has 0 aromatic carbocycles. The van der Waals surface area contributed by atoms with Crippen LogP contribution in [0, 0.1) is 5.92 Å². The minimum atomic E-state index is -0.768. The normalized spacial score (nSPS) is 12.8. The Hall–Kier alpha value is -0.420. The zero-order chi connectivity index (χ0) is 9.14. The molecule has 1 rings (SSSR count). The molecule has 1 unspecified atom stereocenters. The third-order valence-electron chi connectivity index (χ3n) is 1.51. The highest BCUT2D eigenvalue weighted by Gasteiger charge is 2.14. The van der Waals surface area contributed by atoms with Gasteiger partial charge in [0.2, 0.25) is 0 Å². The molecule has 5 heteroatoms. The third kappa shape index (κ3) is 2.28. The van der Waals surface area contributed by atoms with Gasteiger partial charge < -0.3 is 5.11 Å². The van der Waals surface area contributed by atoms with Gasteiger partial charge in [0.15, 0.2) is 0 Å². The van der Waals surface area contributed by atoms with Gasteiger partial charge in [-0.05, 0) is 33.9 Å². The summed E-state index contributed by atoms with van der Waals surface area (Å²) in [4.78, 5) is 11.5. The second-order valence-electron chi connectivity index (χ2n) is 2.54. The van der Waals surface area contributed by atoms with E-state index in [-0.39, 0.29) is 5.92 Å². The fraction of sp³-hybridized carbons (Fsp3) is 0.429. The van der Waals surface area contributed by atoms with Crippen LogP contribution in [0.2, 0.25) is 0 Å². The lowest BCUT2D eigenvalue weighted by atomic mass is 10.1. The van der Waals surface area contributed by atoms with Crippen LogP contribution in [-0.4, -0.2) is 15.4 Å². The quantitative estimate of drug-likeness (QED) is 0.894. The molecule has 0 bridgehead atoms. The van der Waals surface area contributed by atoms with E-state index in [0.717, 1.165) is 9.35 Å². The highest BCUT2D eigenvalue weighted by Crippen LogP contribution is 2.22. The van der Waals surface area contributed by atoms with Crippen LogP contribution in [0.5, 0.6) is 0 Å². The van der Waals surface area contributed by atoms with Gasteiger partial charge in [-0.3, -0.25) is 4.79 Å². The Kier molecular flexibility index (Phi) is 3.22. The first-order chi connectivity index (χ1) is 5.61. The van der Waals surface area contributed by atoms with Crippen LogP contribution in [0.25, 0.3) is 0 Å².